The average molecular weight is 386 g/mol. The molecule has 1 aromatic rings. The maximum Gasteiger partial charge on any atom is 0.228 e. The molecular weight excluding hydrogens is 361 g/mol. The lowest BCUT2D eigenvalue weighted by molar-refractivity contribution is -0.139. The van der Waals surface area contributed by atoms with Crippen LogP contribution in [0.4, 0.5) is 5.69 Å². The topological polar surface area (TPSA) is 66.6 Å². The SMILES string of the molecule is CC1(C)CN(C(=O)C2CC(=O)N(c3ccccc3Cl)C2)CCC1N.Cl. The summed E-state index contributed by atoms with van der Waals surface area (Å²) in [5.74, 6) is -0.300. The quantitative estimate of drug-likeness (QED) is 0.850. The van der Waals surface area contributed by atoms with Crippen LogP contribution in [0.25, 0.3) is 0 Å². The number of anilines is 1. The van der Waals surface area contributed by atoms with Crippen LogP contribution in [0.15, 0.2) is 24.3 Å². The van der Waals surface area contributed by atoms with Crippen LogP contribution in [0.3, 0.4) is 0 Å². The first kappa shape index (κ1) is 20.0. The highest BCUT2D eigenvalue weighted by molar-refractivity contribution is 6.33. The lowest BCUT2D eigenvalue weighted by Gasteiger charge is -2.43. The number of likely N-dealkylation sites (tertiary alicyclic amines) is 1. The molecule has 2 heterocycles. The Bertz CT molecular complexity index is 665. The zero-order chi connectivity index (χ0) is 17.5. The third-order valence-corrected chi connectivity index (χ3v) is 5.56. The number of benzene rings is 1. The lowest BCUT2D eigenvalue weighted by Crippen LogP contribution is -2.55. The molecule has 2 N–H and O–H groups in total. The molecule has 2 aliphatic heterocycles. The largest absolute Gasteiger partial charge is 0.342 e. The molecule has 2 amide bonds. The van der Waals surface area contributed by atoms with E-state index in [1.807, 2.05) is 23.1 Å². The molecule has 0 radical (unpaired) electrons. The van der Waals surface area contributed by atoms with Gasteiger partial charge < -0.3 is 15.5 Å². The van der Waals surface area contributed by atoms with Gasteiger partial charge in [-0.05, 0) is 24.0 Å². The molecule has 2 saturated heterocycles. The van der Waals surface area contributed by atoms with Gasteiger partial charge in [0.25, 0.3) is 0 Å². The molecular formula is C18H25Cl2N3O2. The van der Waals surface area contributed by atoms with Crippen molar-refractivity contribution in [1.82, 2.24) is 4.90 Å². The molecule has 0 spiro atoms. The fourth-order valence-corrected chi connectivity index (χ4v) is 3.83. The first-order chi connectivity index (χ1) is 11.3. The smallest absolute Gasteiger partial charge is 0.228 e. The third-order valence-electron chi connectivity index (χ3n) is 5.24. The molecule has 0 aromatic heterocycles. The average Bonchev–Trinajstić information content (AvgIpc) is 2.91. The van der Waals surface area contributed by atoms with Crippen molar-refractivity contribution in [2.24, 2.45) is 17.1 Å². The van der Waals surface area contributed by atoms with Gasteiger partial charge in [-0.3, -0.25) is 9.59 Å². The second-order valence-corrected chi connectivity index (χ2v) is 7.91. The van der Waals surface area contributed by atoms with Gasteiger partial charge in [0.15, 0.2) is 0 Å². The van der Waals surface area contributed by atoms with Crippen molar-refractivity contribution in [2.75, 3.05) is 24.5 Å². The predicted octanol–water partition coefficient (Wildman–Crippen LogP) is 2.70. The molecule has 0 bridgehead atoms. The minimum absolute atomic E-state index is 0. The Morgan fingerprint density at radius 2 is 2.00 bits per heavy atom. The normalized spacial score (nSPS) is 25.7. The summed E-state index contributed by atoms with van der Waals surface area (Å²) in [6, 6.07) is 7.35. The Hall–Kier alpha value is -1.30. The third kappa shape index (κ3) is 3.94. The number of rotatable bonds is 2. The summed E-state index contributed by atoms with van der Waals surface area (Å²) in [5.41, 5.74) is 6.73. The van der Waals surface area contributed by atoms with Gasteiger partial charge in [-0.1, -0.05) is 37.6 Å². The lowest BCUT2D eigenvalue weighted by atomic mass is 9.79. The number of hydrogen-bond acceptors (Lipinski definition) is 3. The van der Waals surface area contributed by atoms with E-state index in [0.717, 1.165) is 6.42 Å². The molecule has 7 heteroatoms. The van der Waals surface area contributed by atoms with Gasteiger partial charge in [0, 0.05) is 32.1 Å². The van der Waals surface area contributed by atoms with Crippen molar-refractivity contribution in [1.29, 1.82) is 0 Å². The number of piperidine rings is 1. The number of para-hydroxylation sites is 1. The highest BCUT2D eigenvalue weighted by atomic mass is 35.5. The second kappa shape index (κ2) is 7.52. The molecule has 0 saturated carbocycles. The number of amides is 2. The van der Waals surface area contributed by atoms with Crippen LogP contribution >= 0.6 is 24.0 Å². The summed E-state index contributed by atoms with van der Waals surface area (Å²) >= 11 is 6.20. The van der Waals surface area contributed by atoms with Crippen molar-refractivity contribution >= 4 is 41.5 Å². The van der Waals surface area contributed by atoms with Gasteiger partial charge in [0.05, 0.1) is 16.6 Å². The van der Waals surface area contributed by atoms with Gasteiger partial charge in [0.2, 0.25) is 11.8 Å². The van der Waals surface area contributed by atoms with Crippen molar-refractivity contribution in [3.05, 3.63) is 29.3 Å². The fourth-order valence-electron chi connectivity index (χ4n) is 3.60. The summed E-state index contributed by atoms with van der Waals surface area (Å²) in [7, 11) is 0. The minimum Gasteiger partial charge on any atom is -0.342 e. The van der Waals surface area contributed by atoms with E-state index < -0.39 is 0 Å². The number of nitrogens with two attached hydrogens (primary N) is 1. The molecule has 2 unspecified atom stereocenters. The van der Waals surface area contributed by atoms with Gasteiger partial charge in [-0.2, -0.15) is 0 Å². The van der Waals surface area contributed by atoms with Crippen LogP contribution in [0.5, 0.6) is 0 Å². The van der Waals surface area contributed by atoms with Crippen molar-refractivity contribution in [3.63, 3.8) is 0 Å². The zero-order valence-electron chi connectivity index (χ0n) is 14.6. The first-order valence-electron chi connectivity index (χ1n) is 8.39. The molecule has 5 nitrogen and oxygen atoms in total. The zero-order valence-corrected chi connectivity index (χ0v) is 16.1. The highest BCUT2D eigenvalue weighted by Crippen LogP contribution is 2.33. The fraction of sp³-hybridized carbons (Fsp3) is 0.556. The molecule has 2 aliphatic rings. The van der Waals surface area contributed by atoms with Crippen LogP contribution in [-0.2, 0) is 9.59 Å². The first-order valence-corrected chi connectivity index (χ1v) is 8.76. The monoisotopic (exact) mass is 385 g/mol. The predicted molar refractivity (Wildman–Crippen MR) is 102 cm³/mol. The van der Waals surface area contributed by atoms with Gasteiger partial charge in [-0.25, -0.2) is 0 Å². The van der Waals surface area contributed by atoms with Crippen LogP contribution < -0.4 is 10.6 Å². The molecule has 138 valence electrons. The minimum atomic E-state index is -0.307. The van der Waals surface area contributed by atoms with E-state index in [1.54, 1.807) is 11.0 Å². The Morgan fingerprint density at radius 1 is 1.32 bits per heavy atom. The molecule has 0 aliphatic carbocycles. The maximum absolute atomic E-state index is 12.9. The summed E-state index contributed by atoms with van der Waals surface area (Å²) in [6.45, 7) is 5.88. The summed E-state index contributed by atoms with van der Waals surface area (Å²) in [5, 5.41) is 0.532. The molecule has 3 rings (SSSR count). The second-order valence-electron chi connectivity index (χ2n) is 7.50. The molecule has 2 atom stereocenters. The summed E-state index contributed by atoms with van der Waals surface area (Å²) in [6.07, 6.45) is 1.04. The molecule has 1 aromatic carbocycles. The maximum atomic E-state index is 12.9. The number of carbonyl (C=O) groups excluding carboxylic acids is 2. The van der Waals surface area contributed by atoms with E-state index >= 15 is 0 Å². The van der Waals surface area contributed by atoms with E-state index in [4.69, 9.17) is 17.3 Å². The number of halogens is 2. The molecule has 2 fully saturated rings. The highest BCUT2D eigenvalue weighted by Gasteiger charge is 2.41. The van der Waals surface area contributed by atoms with Gasteiger partial charge >= 0.3 is 0 Å². The van der Waals surface area contributed by atoms with Crippen molar-refractivity contribution in [2.45, 2.75) is 32.7 Å². The van der Waals surface area contributed by atoms with Crippen molar-refractivity contribution < 1.29 is 9.59 Å². The van der Waals surface area contributed by atoms with Crippen molar-refractivity contribution in [3.8, 4) is 0 Å². The molecule has 25 heavy (non-hydrogen) atoms. The standard InChI is InChI=1S/C18H24ClN3O2.ClH/c1-18(2)11-21(8-7-15(18)20)17(24)12-9-16(23)22(10-12)14-6-4-3-5-13(14)19;/h3-6,12,15H,7-11,20H2,1-2H3;1H. The Labute approximate surface area is 159 Å². The van der Waals surface area contributed by atoms with E-state index in [-0.39, 0.29) is 48.0 Å². The Kier molecular flexibility index (Phi) is 6.02. The Balaban J connectivity index is 0.00000225. The van der Waals surface area contributed by atoms with Gasteiger partial charge in [0.1, 0.15) is 0 Å². The van der Waals surface area contributed by atoms with E-state index in [1.165, 1.54) is 0 Å². The van der Waals surface area contributed by atoms with Crippen LogP contribution in [0, 0.1) is 11.3 Å². The number of nitrogens with zero attached hydrogens (tertiary/aromatic N) is 2. The van der Waals surface area contributed by atoms with Gasteiger partial charge in [-0.15, -0.1) is 12.4 Å². The number of carbonyl (C=O) groups is 2. The van der Waals surface area contributed by atoms with E-state index in [9.17, 15) is 9.59 Å². The van der Waals surface area contributed by atoms with E-state index in [2.05, 4.69) is 13.8 Å². The van der Waals surface area contributed by atoms with Crippen LogP contribution in [0.1, 0.15) is 26.7 Å². The van der Waals surface area contributed by atoms with Crippen LogP contribution in [0.2, 0.25) is 5.02 Å². The summed E-state index contributed by atoms with van der Waals surface area (Å²) < 4.78 is 0. The Morgan fingerprint density at radius 3 is 2.64 bits per heavy atom. The van der Waals surface area contributed by atoms with E-state index in [0.29, 0.717) is 30.3 Å². The number of hydrogen-bond donors (Lipinski definition) is 1. The van der Waals surface area contributed by atoms with Crippen LogP contribution in [-0.4, -0.2) is 42.4 Å². The summed E-state index contributed by atoms with van der Waals surface area (Å²) in [4.78, 5) is 28.8.